The molecule has 2 saturated heterocycles. The lowest BCUT2D eigenvalue weighted by atomic mass is 9.78. The Morgan fingerprint density at radius 2 is 1.69 bits per heavy atom. The van der Waals surface area contributed by atoms with Crippen molar-refractivity contribution in [3.8, 4) is 0 Å². The molecule has 13 heavy (non-hydrogen) atoms. The van der Waals surface area contributed by atoms with Gasteiger partial charge in [0.15, 0.2) is 0 Å². The van der Waals surface area contributed by atoms with Crippen molar-refractivity contribution >= 4 is 0 Å². The quantitative estimate of drug-likeness (QED) is 0.640. The first kappa shape index (κ1) is 9.44. The predicted octanol–water partition coefficient (Wildman–Crippen LogP) is 0.539. The summed E-state index contributed by atoms with van der Waals surface area (Å²) < 4.78 is 0. The fourth-order valence-electron chi connectivity index (χ4n) is 2.77. The van der Waals surface area contributed by atoms with Gasteiger partial charge in [0.05, 0.1) is 0 Å². The second-order valence-electron chi connectivity index (χ2n) is 4.70. The van der Waals surface area contributed by atoms with Crippen LogP contribution in [0.2, 0.25) is 0 Å². The van der Waals surface area contributed by atoms with Crippen molar-refractivity contribution in [2.45, 2.75) is 19.3 Å². The van der Waals surface area contributed by atoms with Crippen LogP contribution in [0.15, 0.2) is 0 Å². The van der Waals surface area contributed by atoms with Gasteiger partial charge in [-0.3, -0.25) is 5.43 Å². The van der Waals surface area contributed by atoms with E-state index in [0.29, 0.717) is 5.41 Å². The van der Waals surface area contributed by atoms with Gasteiger partial charge < -0.3 is 4.90 Å². The van der Waals surface area contributed by atoms with Crippen LogP contribution in [-0.2, 0) is 0 Å². The van der Waals surface area contributed by atoms with E-state index < -0.39 is 0 Å². The lowest BCUT2D eigenvalue weighted by Gasteiger charge is -2.38. The van der Waals surface area contributed by atoms with Gasteiger partial charge in [0.2, 0.25) is 0 Å². The van der Waals surface area contributed by atoms with Crippen LogP contribution in [0.3, 0.4) is 0 Å². The van der Waals surface area contributed by atoms with E-state index in [1.54, 1.807) is 0 Å². The average Bonchev–Trinajstić information content (AvgIpc) is 2.49. The first-order chi connectivity index (χ1) is 6.24. The SMILES string of the molecule is CNN1CCC2(CCN(C)C2)CC1. The van der Waals surface area contributed by atoms with Crippen molar-refractivity contribution in [1.82, 2.24) is 15.3 Å². The number of piperidine rings is 1. The van der Waals surface area contributed by atoms with Gasteiger partial charge in [0.25, 0.3) is 0 Å². The topological polar surface area (TPSA) is 18.5 Å². The van der Waals surface area contributed by atoms with E-state index in [9.17, 15) is 0 Å². The molecule has 0 aromatic carbocycles. The van der Waals surface area contributed by atoms with Gasteiger partial charge in [-0.15, -0.1) is 0 Å². The third kappa shape index (κ3) is 1.87. The summed E-state index contributed by atoms with van der Waals surface area (Å²) in [6, 6.07) is 0. The molecular weight excluding hydrogens is 162 g/mol. The normalized spacial score (nSPS) is 30.0. The van der Waals surface area contributed by atoms with Crippen LogP contribution in [-0.4, -0.2) is 50.2 Å². The van der Waals surface area contributed by atoms with Crippen molar-refractivity contribution in [2.75, 3.05) is 40.3 Å². The Labute approximate surface area is 81.1 Å². The van der Waals surface area contributed by atoms with E-state index in [-0.39, 0.29) is 0 Å². The van der Waals surface area contributed by atoms with Crippen LogP contribution in [0.25, 0.3) is 0 Å². The molecule has 0 unspecified atom stereocenters. The van der Waals surface area contributed by atoms with Gasteiger partial charge in [-0.2, -0.15) is 0 Å². The van der Waals surface area contributed by atoms with Crippen molar-refractivity contribution in [2.24, 2.45) is 5.41 Å². The molecule has 0 radical (unpaired) electrons. The largest absolute Gasteiger partial charge is 0.306 e. The summed E-state index contributed by atoms with van der Waals surface area (Å²) in [6.45, 7) is 5.08. The standard InChI is InChI=1S/C10H21N3/c1-11-13-7-4-10(5-8-13)3-6-12(2)9-10/h11H,3-9H2,1-2H3. The molecule has 76 valence electrons. The molecule has 2 aliphatic heterocycles. The molecule has 0 atom stereocenters. The maximum Gasteiger partial charge on any atom is 0.0136 e. The van der Waals surface area contributed by atoms with E-state index in [2.05, 4.69) is 22.4 Å². The number of nitrogens with one attached hydrogen (secondary N) is 1. The maximum atomic E-state index is 3.24. The highest BCUT2D eigenvalue weighted by molar-refractivity contribution is 4.92. The maximum absolute atomic E-state index is 3.24. The first-order valence-electron chi connectivity index (χ1n) is 5.35. The van der Waals surface area contributed by atoms with Crippen molar-refractivity contribution in [3.05, 3.63) is 0 Å². The Bertz CT molecular complexity index is 173. The van der Waals surface area contributed by atoms with Crippen LogP contribution in [0, 0.1) is 5.41 Å². The number of hydrazine groups is 1. The van der Waals surface area contributed by atoms with E-state index in [1.165, 1.54) is 45.4 Å². The fourth-order valence-corrected chi connectivity index (χ4v) is 2.77. The van der Waals surface area contributed by atoms with Gasteiger partial charge >= 0.3 is 0 Å². The number of rotatable bonds is 1. The van der Waals surface area contributed by atoms with Crippen LogP contribution in [0.5, 0.6) is 0 Å². The zero-order chi connectivity index (χ0) is 9.31. The van der Waals surface area contributed by atoms with E-state index in [4.69, 9.17) is 0 Å². The smallest absolute Gasteiger partial charge is 0.0136 e. The molecule has 2 fully saturated rings. The molecule has 0 aromatic heterocycles. The summed E-state index contributed by atoms with van der Waals surface area (Å²) in [5.74, 6) is 0. The molecule has 1 N–H and O–H groups in total. The minimum Gasteiger partial charge on any atom is -0.306 e. The monoisotopic (exact) mass is 183 g/mol. The van der Waals surface area contributed by atoms with Gasteiger partial charge in [0.1, 0.15) is 0 Å². The molecule has 2 rings (SSSR count). The lowest BCUT2D eigenvalue weighted by Crippen LogP contribution is -2.46. The highest BCUT2D eigenvalue weighted by Gasteiger charge is 2.38. The van der Waals surface area contributed by atoms with Crippen LogP contribution in [0.1, 0.15) is 19.3 Å². The van der Waals surface area contributed by atoms with Gasteiger partial charge in [-0.25, -0.2) is 5.01 Å². The van der Waals surface area contributed by atoms with Crippen LogP contribution >= 0.6 is 0 Å². The van der Waals surface area contributed by atoms with Crippen molar-refractivity contribution < 1.29 is 0 Å². The third-order valence-electron chi connectivity index (χ3n) is 3.77. The summed E-state index contributed by atoms with van der Waals surface area (Å²) in [5.41, 5.74) is 3.91. The summed E-state index contributed by atoms with van der Waals surface area (Å²) >= 11 is 0. The number of hydrogen-bond donors (Lipinski definition) is 1. The van der Waals surface area contributed by atoms with Crippen LogP contribution in [0.4, 0.5) is 0 Å². The number of likely N-dealkylation sites (tertiary alicyclic amines) is 1. The molecule has 0 amide bonds. The summed E-state index contributed by atoms with van der Waals surface area (Å²) in [5, 5.41) is 2.34. The second kappa shape index (κ2) is 3.56. The summed E-state index contributed by atoms with van der Waals surface area (Å²) in [6.07, 6.45) is 4.16. The highest BCUT2D eigenvalue weighted by atomic mass is 15.5. The Kier molecular flexibility index (Phi) is 2.58. The fraction of sp³-hybridized carbons (Fsp3) is 1.00. The molecule has 2 aliphatic rings. The van der Waals surface area contributed by atoms with Crippen LogP contribution < -0.4 is 5.43 Å². The van der Waals surface area contributed by atoms with Gasteiger partial charge in [-0.05, 0) is 45.3 Å². The lowest BCUT2D eigenvalue weighted by molar-refractivity contribution is 0.0803. The van der Waals surface area contributed by atoms with E-state index in [1.807, 2.05) is 7.05 Å². The summed E-state index contributed by atoms with van der Waals surface area (Å²) in [4.78, 5) is 2.48. The minimum atomic E-state index is 0.669. The van der Waals surface area contributed by atoms with E-state index >= 15 is 0 Å². The Balaban J connectivity index is 1.90. The zero-order valence-corrected chi connectivity index (χ0v) is 8.84. The molecule has 3 nitrogen and oxygen atoms in total. The van der Waals surface area contributed by atoms with Crippen molar-refractivity contribution in [1.29, 1.82) is 0 Å². The molecule has 2 heterocycles. The predicted molar refractivity (Wildman–Crippen MR) is 54.4 cm³/mol. The summed E-state index contributed by atoms with van der Waals surface area (Å²) in [7, 11) is 4.28. The average molecular weight is 183 g/mol. The molecule has 0 saturated carbocycles. The molecule has 0 aliphatic carbocycles. The molecule has 0 aromatic rings. The third-order valence-corrected chi connectivity index (χ3v) is 3.77. The van der Waals surface area contributed by atoms with E-state index in [0.717, 1.165) is 0 Å². The number of hydrogen-bond acceptors (Lipinski definition) is 3. The Morgan fingerprint density at radius 1 is 1.08 bits per heavy atom. The van der Waals surface area contributed by atoms with Crippen molar-refractivity contribution in [3.63, 3.8) is 0 Å². The highest BCUT2D eigenvalue weighted by Crippen LogP contribution is 2.39. The minimum absolute atomic E-state index is 0.669. The zero-order valence-electron chi connectivity index (χ0n) is 8.84. The Morgan fingerprint density at radius 3 is 2.15 bits per heavy atom. The molecular formula is C10H21N3. The molecule has 1 spiro atoms. The Hall–Kier alpha value is -0.120. The van der Waals surface area contributed by atoms with Gasteiger partial charge in [0, 0.05) is 19.6 Å². The molecule has 3 heteroatoms. The molecule has 0 bridgehead atoms. The number of nitrogens with zero attached hydrogens (tertiary/aromatic N) is 2. The first-order valence-corrected chi connectivity index (χ1v) is 5.35. The van der Waals surface area contributed by atoms with Gasteiger partial charge in [-0.1, -0.05) is 0 Å². The second-order valence-corrected chi connectivity index (χ2v) is 4.70.